The van der Waals surface area contributed by atoms with Crippen molar-refractivity contribution >= 4 is 23.6 Å². The van der Waals surface area contributed by atoms with Gasteiger partial charge in [-0.1, -0.05) is 18.2 Å². The second kappa shape index (κ2) is 10.2. The van der Waals surface area contributed by atoms with Gasteiger partial charge >= 0.3 is 5.97 Å². The van der Waals surface area contributed by atoms with E-state index >= 15 is 0 Å². The summed E-state index contributed by atoms with van der Waals surface area (Å²) in [5.41, 5.74) is 0. The molecular formula is C15H21NO4S. The molecule has 6 heteroatoms. The quantitative estimate of drug-likeness (QED) is 0.514. The Morgan fingerprint density at radius 3 is 2.48 bits per heavy atom. The Balaban J connectivity index is 2.47. The summed E-state index contributed by atoms with van der Waals surface area (Å²) in [4.78, 5) is 26.1. The highest BCUT2D eigenvalue weighted by Gasteiger charge is 2.15. The Morgan fingerprint density at radius 2 is 1.86 bits per heavy atom. The van der Waals surface area contributed by atoms with Crippen molar-refractivity contribution in [3.05, 3.63) is 30.3 Å². The number of esters is 1. The van der Waals surface area contributed by atoms with Crippen molar-refractivity contribution in [3.63, 3.8) is 0 Å². The first-order chi connectivity index (χ1) is 10.2. The third-order valence-electron chi connectivity index (χ3n) is 2.84. The Labute approximate surface area is 129 Å². The molecule has 0 fully saturated rings. The van der Waals surface area contributed by atoms with Gasteiger partial charge in [0.15, 0.2) is 0 Å². The predicted octanol–water partition coefficient (Wildman–Crippen LogP) is 1.82. The van der Waals surface area contributed by atoms with Crippen molar-refractivity contribution in [1.82, 2.24) is 4.90 Å². The maximum absolute atomic E-state index is 12.2. The predicted molar refractivity (Wildman–Crippen MR) is 82.3 cm³/mol. The van der Waals surface area contributed by atoms with Gasteiger partial charge in [0.05, 0.1) is 25.9 Å². The average Bonchev–Trinajstić information content (AvgIpc) is 2.53. The number of methoxy groups -OCH3 is 2. The van der Waals surface area contributed by atoms with E-state index in [1.807, 2.05) is 30.3 Å². The van der Waals surface area contributed by atoms with Crippen LogP contribution in [-0.2, 0) is 19.1 Å². The first-order valence-corrected chi connectivity index (χ1v) is 7.67. The molecule has 0 spiro atoms. The SMILES string of the molecule is COCCN(CCC(=O)OC)C(=O)CSc1ccccc1. The van der Waals surface area contributed by atoms with Gasteiger partial charge in [-0.3, -0.25) is 9.59 Å². The molecule has 116 valence electrons. The second-order valence-corrected chi connectivity index (χ2v) is 5.35. The maximum atomic E-state index is 12.2. The summed E-state index contributed by atoms with van der Waals surface area (Å²) < 4.78 is 9.60. The number of thioether (sulfide) groups is 1. The molecule has 1 amide bonds. The van der Waals surface area contributed by atoms with Gasteiger partial charge in [-0.2, -0.15) is 0 Å². The number of carbonyl (C=O) groups is 2. The zero-order chi connectivity index (χ0) is 15.5. The summed E-state index contributed by atoms with van der Waals surface area (Å²) in [7, 11) is 2.93. The first kappa shape index (κ1) is 17.5. The molecule has 1 aromatic rings. The lowest BCUT2D eigenvalue weighted by Gasteiger charge is -2.21. The molecule has 1 aromatic carbocycles. The number of hydrogen-bond donors (Lipinski definition) is 0. The molecule has 0 radical (unpaired) electrons. The van der Waals surface area contributed by atoms with Crippen molar-refractivity contribution in [2.24, 2.45) is 0 Å². The third kappa shape index (κ3) is 7.15. The van der Waals surface area contributed by atoms with Gasteiger partial charge in [0.1, 0.15) is 0 Å². The number of rotatable bonds is 9. The van der Waals surface area contributed by atoms with Gasteiger partial charge in [0.25, 0.3) is 0 Å². The molecule has 21 heavy (non-hydrogen) atoms. The number of hydrogen-bond acceptors (Lipinski definition) is 5. The van der Waals surface area contributed by atoms with Crippen LogP contribution in [0.1, 0.15) is 6.42 Å². The molecule has 0 aliphatic heterocycles. The molecule has 0 heterocycles. The van der Waals surface area contributed by atoms with E-state index in [0.717, 1.165) is 4.90 Å². The molecule has 0 saturated carbocycles. The molecular weight excluding hydrogens is 290 g/mol. The molecule has 0 N–H and O–H groups in total. The van der Waals surface area contributed by atoms with Crippen LogP contribution in [-0.4, -0.2) is 56.4 Å². The van der Waals surface area contributed by atoms with Crippen molar-refractivity contribution in [1.29, 1.82) is 0 Å². The van der Waals surface area contributed by atoms with Gasteiger partial charge in [-0.25, -0.2) is 0 Å². The summed E-state index contributed by atoms with van der Waals surface area (Å²) in [6, 6.07) is 9.74. The highest BCUT2D eigenvalue weighted by atomic mass is 32.2. The van der Waals surface area contributed by atoms with Crippen LogP contribution < -0.4 is 0 Å². The summed E-state index contributed by atoms with van der Waals surface area (Å²) in [5.74, 6) is 0.0141. The molecule has 0 unspecified atom stereocenters. The maximum Gasteiger partial charge on any atom is 0.307 e. The van der Waals surface area contributed by atoms with Crippen molar-refractivity contribution in [2.45, 2.75) is 11.3 Å². The van der Waals surface area contributed by atoms with Crippen molar-refractivity contribution in [3.8, 4) is 0 Å². The Hall–Kier alpha value is -1.53. The number of nitrogens with zero attached hydrogens (tertiary/aromatic N) is 1. The van der Waals surface area contributed by atoms with Gasteiger partial charge in [0, 0.05) is 25.1 Å². The fourth-order valence-corrected chi connectivity index (χ4v) is 2.47. The fraction of sp³-hybridized carbons (Fsp3) is 0.467. The van der Waals surface area contributed by atoms with Crippen LogP contribution >= 0.6 is 11.8 Å². The third-order valence-corrected chi connectivity index (χ3v) is 3.83. The minimum absolute atomic E-state index is 0.00944. The minimum atomic E-state index is -0.319. The van der Waals surface area contributed by atoms with E-state index in [1.165, 1.54) is 18.9 Å². The number of ether oxygens (including phenoxy) is 2. The average molecular weight is 311 g/mol. The van der Waals surface area contributed by atoms with E-state index in [9.17, 15) is 9.59 Å². The van der Waals surface area contributed by atoms with E-state index in [4.69, 9.17) is 4.74 Å². The van der Waals surface area contributed by atoms with Gasteiger partial charge < -0.3 is 14.4 Å². The zero-order valence-corrected chi connectivity index (χ0v) is 13.2. The smallest absolute Gasteiger partial charge is 0.307 e. The lowest BCUT2D eigenvalue weighted by molar-refractivity contribution is -0.141. The number of carbonyl (C=O) groups excluding carboxylic acids is 2. The van der Waals surface area contributed by atoms with Crippen LogP contribution in [0.4, 0.5) is 0 Å². The monoisotopic (exact) mass is 311 g/mol. The molecule has 0 aliphatic carbocycles. The molecule has 0 bridgehead atoms. The van der Waals surface area contributed by atoms with Gasteiger partial charge in [0.2, 0.25) is 5.91 Å². The van der Waals surface area contributed by atoms with E-state index < -0.39 is 0 Å². The summed E-state index contributed by atoms with van der Waals surface area (Å²) in [6.45, 7) is 1.27. The standard InChI is InChI=1S/C15H21NO4S/c1-19-11-10-16(9-8-15(18)20-2)14(17)12-21-13-6-4-3-5-7-13/h3-7H,8-12H2,1-2H3. The van der Waals surface area contributed by atoms with Gasteiger partial charge in [-0.15, -0.1) is 11.8 Å². The Morgan fingerprint density at radius 1 is 1.14 bits per heavy atom. The molecule has 5 nitrogen and oxygen atoms in total. The molecule has 0 aliphatic rings. The summed E-state index contributed by atoms with van der Waals surface area (Å²) in [5, 5.41) is 0. The van der Waals surface area contributed by atoms with Crippen LogP contribution in [0.5, 0.6) is 0 Å². The van der Waals surface area contributed by atoms with Crippen LogP contribution in [0.3, 0.4) is 0 Å². The molecule has 0 aromatic heterocycles. The van der Waals surface area contributed by atoms with Crippen molar-refractivity contribution < 1.29 is 19.1 Å². The van der Waals surface area contributed by atoms with Crippen LogP contribution in [0.25, 0.3) is 0 Å². The lowest BCUT2D eigenvalue weighted by Crippen LogP contribution is -2.37. The zero-order valence-electron chi connectivity index (χ0n) is 12.4. The van der Waals surface area contributed by atoms with Crippen LogP contribution in [0.2, 0.25) is 0 Å². The topological polar surface area (TPSA) is 55.8 Å². The highest BCUT2D eigenvalue weighted by Crippen LogP contribution is 2.17. The lowest BCUT2D eigenvalue weighted by atomic mass is 10.3. The van der Waals surface area contributed by atoms with E-state index in [1.54, 1.807) is 12.0 Å². The minimum Gasteiger partial charge on any atom is -0.469 e. The Bertz CT molecular complexity index is 439. The first-order valence-electron chi connectivity index (χ1n) is 6.68. The molecule has 0 atom stereocenters. The van der Waals surface area contributed by atoms with Crippen LogP contribution in [0.15, 0.2) is 35.2 Å². The van der Waals surface area contributed by atoms with Crippen molar-refractivity contribution in [2.75, 3.05) is 39.7 Å². The summed E-state index contributed by atoms with van der Waals surface area (Å²) in [6.07, 6.45) is 0.196. The molecule has 1 rings (SSSR count). The Kier molecular flexibility index (Phi) is 8.54. The second-order valence-electron chi connectivity index (χ2n) is 4.30. The van der Waals surface area contributed by atoms with E-state index in [0.29, 0.717) is 25.4 Å². The molecule has 0 saturated heterocycles. The normalized spacial score (nSPS) is 10.2. The van der Waals surface area contributed by atoms with Gasteiger partial charge in [-0.05, 0) is 12.1 Å². The summed E-state index contributed by atoms with van der Waals surface area (Å²) >= 11 is 1.48. The highest BCUT2D eigenvalue weighted by molar-refractivity contribution is 8.00. The number of amides is 1. The largest absolute Gasteiger partial charge is 0.469 e. The van der Waals surface area contributed by atoms with E-state index in [-0.39, 0.29) is 18.3 Å². The number of benzene rings is 1. The fourth-order valence-electron chi connectivity index (χ4n) is 1.64. The van der Waals surface area contributed by atoms with E-state index in [2.05, 4.69) is 4.74 Å². The van der Waals surface area contributed by atoms with Crippen LogP contribution in [0, 0.1) is 0 Å².